The Labute approximate surface area is 771 Å². The van der Waals surface area contributed by atoms with Gasteiger partial charge in [0.15, 0.2) is 0 Å². The average Bonchev–Trinajstić information content (AvgIpc) is 1.49. The van der Waals surface area contributed by atoms with Crippen LogP contribution in [0.4, 0.5) is 0 Å². The minimum absolute atomic E-state index is 0.0216. The van der Waals surface area contributed by atoms with E-state index in [-0.39, 0.29) is 88.4 Å². The largest absolute Gasteiger partial charge is 0.508 e. The summed E-state index contributed by atoms with van der Waals surface area (Å²) in [6.45, 7) is 7.76. The normalized spacial score (nSPS) is 25.0. The SMILES string of the molecule is CCCC[C@H]1C(=O)N[C@@H](CC(C)C)C(=O)N[C@H](C(=O)NCC(N)=O)CSCC(=O)N[C@@H](Cc2ccc(O)cc2)C(=O)N(C)[C@@H](C)C(=O)N[C@@H](CC(N)=O)C(=O)N2CCC[C@H]2C(=O)N[C@@H](Cc2cnc[nH]2)C(=O)N[C@@H](CCC(=O)O)C(=O)N2C[C@H](O)C[C@H]2C(=O)N[C@@H](Cc2c[nH]c3ccccc23)C(=O)N[C@@H](CCN)C(=O)N[C@@H](Cc2c[nH]c3ccccc23)C(=O)N(CC)[C@@H](C)C(=O)N1C. The number of aromatic hydroxyl groups is 1. The van der Waals surface area contributed by atoms with Crippen molar-refractivity contribution < 1.29 is 102 Å². The third-order valence-corrected chi connectivity index (χ3v) is 24.8. The maximum atomic E-state index is 15.7. The van der Waals surface area contributed by atoms with E-state index in [0.29, 0.717) is 51.3 Å². The van der Waals surface area contributed by atoms with E-state index >= 15 is 38.4 Å². The number of nitrogens with zero attached hydrogens (tertiary/aromatic N) is 6. The summed E-state index contributed by atoms with van der Waals surface area (Å²) in [4.78, 5) is 280. The van der Waals surface area contributed by atoms with Gasteiger partial charge in [-0.3, -0.25) is 86.3 Å². The number of phenolic OH excluding ortho intramolecular Hbond substituents is 1. The molecule has 3 fully saturated rings. The number of aromatic amines is 3. The summed E-state index contributed by atoms with van der Waals surface area (Å²) < 4.78 is 0. The third-order valence-electron chi connectivity index (χ3n) is 23.8. The summed E-state index contributed by atoms with van der Waals surface area (Å²) >= 11 is 0.784. The molecule has 3 aromatic carbocycles. The van der Waals surface area contributed by atoms with Crippen molar-refractivity contribution in [3.63, 3.8) is 0 Å². The number of para-hydroxylation sites is 2. The maximum Gasteiger partial charge on any atom is 0.303 e. The molecule has 22 N–H and O–H groups in total. The molecule has 0 bridgehead atoms. The van der Waals surface area contributed by atoms with Gasteiger partial charge < -0.3 is 125 Å². The first kappa shape index (κ1) is 103. The van der Waals surface area contributed by atoms with Crippen molar-refractivity contribution in [1.82, 2.24) is 97.6 Å². The van der Waals surface area contributed by atoms with Crippen molar-refractivity contribution >= 4 is 140 Å². The van der Waals surface area contributed by atoms with E-state index in [0.717, 1.165) is 31.4 Å². The second-order valence-electron chi connectivity index (χ2n) is 34.0. The number of hydrogen-bond acceptors (Lipinski definition) is 23. The van der Waals surface area contributed by atoms with E-state index < -0.39 is 254 Å². The lowest BCUT2D eigenvalue weighted by molar-refractivity contribution is -0.149. The number of unbranched alkanes of at least 4 members (excludes halogenated alkanes) is 1. The Morgan fingerprint density at radius 1 is 0.571 bits per heavy atom. The van der Waals surface area contributed by atoms with E-state index in [1.165, 1.54) is 69.6 Å². The number of nitrogens with two attached hydrogens (primary N) is 3. The van der Waals surface area contributed by atoms with Gasteiger partial charge in [0.2, 0.25) is 100 Å². The number of benzene rings is 3. The van der Waals surface area contributed by atoms with Crippen molar-refractivity contribution in [3.05, 3.63) is 120 Å². The second-order valence-corrected chi connectivity index (χ2v) is 35.0. The zero-order valence-corrected chi connectivity index (χ0v) is 76.4. The summed E-state index contributed by atoms with van der Waals surface area (Å²) in [5.74, 6) is -19.1. The Morgan fingerprint density at radius 2 is 1.14 bits per heavy atom. The number of aliphatic hydroxyl groups excluding tert-OH is 1. The highest BCUT2D eigenvalue weighted by atomic mass is 32.2. The maximum absolute atomic E-state index is 15.7. The first-order valence-corrected chi connectivity index (χ1v) is 45.5. The number of aliphatic carboxylic acids is 1. The number of carboxylic acid groups (broad SMARTS) is 1. The highest BCUT2D eigenvalue weighted by Gasteiger charge is 2.47. The summed E-state index contributed by atoms with van der Waals surface area (Å²) in [5.41, 5.74) is 20.3. The third kappa shape index (κ3) is 28.3. The number of H-pyrrole nitrogens is 3. The number of carboxylic acids is 1. The molecule has 6 heterocycles. The number of phenols is 1. The Hall–Kier alpha value is -13.5. The smallest absolute Gasteiger partial charge is 0.303 e. The zero-order chi connectivity index (χ0) is 97.2. The fourth-order valence-electron chi connectivity index (χ4n) is 16.5. The molecule has 0 unspecified atom stereocenters. The molecule has 0 saturated carbocycles. The van der Waals surface area contributed by atoms with Crippen LogP contribution in [0.25, 0.3) is 21.8 Å². The number of hydrogen-bond donors (Lipinski definition) is 19. The number of thioether (sulfide) groups is 1. The zero-order valence-electron chi connectivity index (χ0n) is 75.5. The van der Waals surface area contributed by atoms with E-state index in [2.05, 4.69) is 73.1 Å². The number of aliphatic hydroxyl groups is 1. The van der Waals surface area contributed by atoms with Gasteiger partial charge in [0.05, 0.1) is 31.1 Å². The number of carbonyl (C=O) groups is 18. The number of rotatable bonds is 24. The van der Waals surface area contributed by atoms with Crippen LogP contribution in [0, 0.1) is 5.92 Å². The van der Waals surface area contributed by atoms with Crippen LogP contribution in [0.2, 0.25) is 0 Å². The molecule has 3 aromatic heterocycles. The van der Waals surface area contributed by atoms with Crippen LogP contribution in [0.1, 0.15) is 135 Å². The number of fused-ring (bicyclic) bond motifs is 4. The van der Waals surface area contributed by atoms with Crippen LogP contribution in [0.15, 0.2) is 97.7 Å². The molecule has 133 heavy (non-hydrogen) atoms. The van der Waals surface area contributed by atoms with Gasteiger partial charge in [-0.1, -0.05) is 82.1 Å². The molecule has 0 aliphatic carbocycles. The van der Waals surface area contributed by atoms with Crippen LogP contribution >= 0.6 is 11.8 Å². The average molecular weight is 1870 g/mol. The van der Waals surface area contributed by atoms with Crippen LogP contribution in [-0.4, -0.2) is 315 Å². The highest BCUT2D eigenvalue weighted by molar-refractivity contribution is 8.00. The standard InChI is InChI=1S/C89H122N22O21S/c1-9-11-21-69-82(125)101-62(32-47(3)4)79(122)106-68(77(120)96-42-73(92)115)44-133-45-74(116)98-65(33-50-23-25-54(112)26-24-50)86(129)107(7)48(5)76(119)104-67(38-72(91)114)89(132)110-31-16-22-70(110)83(126)103-64(36-53-41-93-46-97-53)81(124)100-61(27-28-75(117)118)87(130)111-43-55(113)37-71(111)84(127)102-63(34-51-39-94-58-19-14-12-17-56(51)58)80(123)99-60(29-30-90)78(121)105-66(35-52-40-95-59-20-15-13-18-57(52)59)88(131)109(10-2)49(6)85(128)108(69)8/h12-15,17-20,23-26,39-41,46-49,55,60-71,94-95,112-113H,9-11,16,21-22,27-38,42-45,90H2,1-8H3,(H2,91,114)(H2,92,115)(H,93,97)(H,96,120)(H,98,116)(H,99,123)(H,100,124)(H,101,125)(H,102,127)(H,103,126)(H,104,119)(H,105,121)(H,106,122)(H,117,118)/t48-,49-,55+,60-,61-,62-,63-,64-,65-,66-,67-,68-,69-,70-,71-/m0/s1. The number of aromatic nitrogens is 4. The first-order valence-electron chi connectivity index (χ1n) is 44.3. The van der Waals surface area contributed by atoms with Gasteiger partial charge in [-0.25, -0.2) is 4.98 Å². The summed E-state index contributed by atoms with van der Waals surface area (Å²) in [7, 11) is 2.56. The van der Waals surface area contributed by atoms with E-state index in [1.54, 1.807) is 81.7 Å². The second kappa shape index (κ2) is 48.6. The number of imidazole rings is 1. The topological polar surface area (TPSA) is 643 Å². The highest BCUT2D eigenvalue weighted by Crippen LogP contribution is 2.28. The Balaban J connectivity index is 1.09. The predicted octanol–water partition coefficient (Wildman–Crippen LogP) is -2.75. The molecule has 6 aromatic rings. The number of primary amides is 2. The van der Waals surface area contributed by atoms with E-state index in [1.807, 2.05) is 6.92 Å². The monoisotopic (exact) mass is 1870 g/mol. The fourth-order valence-corrected chi connectivity index (χ4v) is 17.4. The Morgan fingerprint density at radius 3 is 1.73 bits per heavy atom. The van der Waals surface area contributed by atoms with E-state index in [4.69, 9.17) is 17.2 Å². The Kier molecular flexibility index (Phi) is 37.7. The van der Waals surface area contributed by atoms with Gasteiger partial charge in [-0.15, -0.1) is 11.8 Å². The van der Waals surface area contributed by atoms with Crippen LogP contribution in [-0.2, 0) is 112 Å². The molecule has 3 aliphatic rings. The molecule has 44 heteroatoms. The van der Waals surface area contributed by atoms with Gasteiger partial charge in [0.1, 0.15) is 90.3 Å². The van der Waals surface area contributed by atoms with Gasteiger partial charge in [0, 0.05) is 124 Å². The molecule has 0 radical (unpaired) electrons. The fraction of sp³-hybridized carbons (Fsp3) is 0.517. The number of amides is 17. The lowest BCUT2D eigenvalue weighted by Crippen LogP contribution is -2.61. The molecule has 3 aliphatic heterocycles. The molecule has 17 amide bonds. The van der Waals surface area contributed by atoms with Crippen LogP contribution in [0.3, 0.4) is 0 Å². The summed E-state index contributed by atoms with van der Waals surface area (Å²) in [5, 5.41) is 59.4. The van der Waals surface area contributed by atoms with Crippen LogP contribution < -0.4 is 70.4 Å². The molecule has 43 nitrogen and oxygen atoms in total. The summed E-state index contributed by atoms with van der Waals surface area (Å²) in [6.07, 6.45) is 1.03. The molecule has 0 spiro atoms. The van der Waals surface area contributed by atoms with E-state index in [9.17, 15) is 63.3 Å². The summed E-state index contributed by atoms with van der Waals surface area (Å²) in [6, 6.07) is -2.33. The molecule has 3 saturated heterocycles. The number of nitrogens with one attached hydrogen (secondary N) is 13. The van der Waals surface area contributed by atoms with Crippen molar-refractivity contribution in [1.29, 1.82) is 0 Å². The van der Waals surface area contributed by atoms with Gasteiger partial charge in [-0.2, -0.15) is 0 Å². The quantitative estimate of drug-likeness (QED) is 0.0292. The minimum atomic E-state index is -1.84. The van der Waals surface area contributed by atoms with Crippen molar-refractivity contribution in [2.75, 3.05) is 58.3 Å². The number of carbonyl (C=O) groups excluding carboxylic acids is 17. The lowest BCUT2D eigenvalue weighted by atomic mass is 10.0. The number of likely N-dealkylation sites (N-methyl/N-ethyl adjacent to an activating group) is 3. The molecular formula is C89H122N22O21S. The molecule has 720 valence electrons. The van der Waals surface area contributed by atoms with Crippen molar-refractivity contribution in [2.45, 2.75) is 229 Å². The predicted molar refractivity (Wildman–Crippen MR) is 485 cm³/mol. The van der Waals surface area contributed by atoms with Crippen molar-refractivity contribution in [3.8, 4) is 5.75 Å². The molecular weight excluding hydrogens is 1750 g/mol. The van der Waals surface area contributed by atoms with Crippen LogP contribution in [0.5, 0.6) is 5.75 Å². The van der Waals surface area contributed by atoms with Crippen molar-refractivity contribution in [2.24, 2.45) is 23.1 Å². The van der Waals surface area contributed by atoms with Gasteiger partial charge >= 0.3 is 5.97 Å². The Bertz CT molecular complexity index is 5180. The van der Waals surface area contributed by atoms with Gasteiger partial charge in [0.25, 0.3) is 0 Å². The lowest BCUT2D eigenvalue weighted by Gasteiger charge is -2.36. The van der Waals surface area contributed by atoms with Gasteiger partial charge in [-0.05, 0) is 113 Å². The molecule has 15 atom stereocenters. The first-order chi connectivity index (χ1) is 63.3. The minimum Gasteiger partial charge on any atom is -0.508 e. The molecule has 9 rings (SSSR count).